The summed E-state index contributed by atoms with van der Waals surface area (Å²) in [4.78, 5) is 20.0. The number of hydrogen-bond acceptors (Lipinski definition) is 7. The van der Waals surface area contributed by atoms with E-state index in [1.54, 1.807) is 36.4 Å². The molecule has 1 saturated heterocycles. The summed E-state index contributed by atoms with van der Waals surface area (Å²) in [6.07, 6.45) is 2.15. The number of hydrogen-bond donors (Lipinski definition) is 1. The molecule has 2 heterocycles. The fraction of sp³-hybridized carbons (Fsp3) is 0.214. The van der Waals surface area contributed by atoms with Crippen molar-refractivity contribution >= 4 is 39.7 Å². The molecule has 10 heteroatoms. The second-order valence-electron chi connectivity index (χ2n) is 9.17. The first-order chi connectivity index (χ1) is 18.3. The first kappa shape index (κ1) is 25.4. The van der Waals surface area contributed by atoms with Gasteiger partial charge in [0.15, 0.2) is 0 Å². The Morgan fingerprint density at radius 1 is 1.24 bits per heavy atom. The van der Waals surface area contributed by atoms with E-state index in [9.17, 15) is 14.5 Å². The summed E-state index contributed by atoms with van der Waals surface area (Å²) in [5.41, 5.74) is 1.58. The molecular weight excluding hydrogens is 511 g/mol. The van der Waals surface area contributed by atoms with E-state index in [0.717, 1.165) is 6.42 Å². The van der Waals surface area contributed by atoms with Crippen molar-refractivity contribution in [1.82, 2.24) is 9.97 Å². The number of halogens is 2. The normalized spacial score (nSPS) is 16.6. The molecule has 0 bridgehead atoms. The second-order valence-corrected chi connectivity index (χ2v) is 9.58. The molecular formula is C28H22ClFN4O4. The maximum absolute atomic E-state index is 13.4. The molecule has 1 aliphatic rings. The van der Waals surface area contributed by atoms with Crippen molar-refractivity contribution < 1.29 is 18.8 Å². The van der Waals surface area contributed by atoms with E-state index in [-0.39, 0.29) is 29.1 Å². The highest BCUT2D eigenvalue weighted by Gasteiger charge is 2.27. The second kappa shape index (κ2) is 10.6. The first-order valence-electron chi connectivity index (χ1n) is 11.8. The van der Waals surface area contributed by atoms with Crippen LogP contribution >= 0.6 is 11.6 Å². The molecule has 3 aromatic carbocycles. The average Bonchev–Trinajstić information content (AvgIpc) is 3.33. The number of rotatable bonds is 6. The molecule has 4 aromatic rings. The van der Waals surface area contributed by atoms with E-state index in [0.29, 0.717) is 52.0 Å². The third-order valence-corrected chi connectivity index (χ3v) is 6.44. The van der Waals surface area contributed by atoms with Gasteiger partial charge in [0.25, 0.3) is 5.69 Å². The smallest absolute Gasteiger partial charge is 0.285 e. The molecule has 0 aliphatic carbocycles. The molecule has 0 radical (unpaired) electrons. The number of anilines is 2. The minimum atomic E-state index is -0.463. The summed E-state index contributed by atoms with van der Waals surface area (Å²) < 4.78 is 24.6. The third kappa shape index (κ3) is 5.67. The van der Waals surface area contributed by atoms with E-state index in [2.05, 4.69) is 27.1 Å². The number of nitro groups is 1. The zero-order valence-electron chi connectivity index (χ0n) is 20.3. The Hall–Kier alpha value is -4.26. The highest BCUT2D eigenvalue weighted by molar-refractivity contribution is 6.32. The number of nitrogens with zero attached hydrogens (tertiary/aromatic N) is 3. The van der Waals surface area contributed by atoms with Crippen LogP contribution < -0.4 is 10.1 Å². The highest BCUT2D eigenvalue weighted by atomic mass is 35.5. The number of benzene rings is 3. The first-order valence-corrected chi connectivity index (χ1v) is 12.2. The van der Waals surface area contributed by atoms with Gasteiger partial charge in [-0.05, 0) is 55.3 Å². The van der Waals surface area contributed by atoms with Gasteiger partial charge in [0.1, 0.15) is 35.9 Å². The SMILES string of the molecule is CC1(C#Cc2cc3ncnc(Nc4ccc(OCc5cccc(F)c5)c(Cl)c4)c3cc2[N+](=O)[O-])CCOC1. The van der Waals surface area contributed by atoms with Crippen molar-refractivity contribution in [3.05, 3.63) is 93.0 Å². The zero-order valence-corrected chi connectivity index (χ0v) is 21.1. The van der Waals surface area contributed by atoms with E-state index >= 15 is 0 Å². The predicted molar refractivity (Wildman–Crippen MR) is 142 cm³/mol. The molecule has 0 saturated carbocycles. The molecule has 1 aromatic heterocycles. The molecule has 1 aliphatic heterocycles. The van der Waals surface area contributed by atoms with Crippen molar-refractivity contribution in [2.24, 2.45) is 5.41 Å². The number of aromatic nitrogens is 2. The number of nitrogens with one attached hydrogen (secondary N) is 1. The van der Waals surface area contributed by atoms with Gasteiger partial charge in [-0.2, -0.15) is 0 Å². The van der Waals surface area contributed by atoms with Crippen LogP contribution in [0.1, 0.15) is 24.5 Å². The lowest BCUT2D eigenvalue weighted by Crippen LogP contribution is -2.12. The van der Waals surface area contributed by atoms with Crippen LogP contribution in [0.15, 0.2) is 60.9 Å². The van der Waals surface area contributed by atoms with Gasteiger partial charge in [0.2, 0.25) is 0 Å². The van der Waals surface area contributed by atoms with E-state index in [1.807, 2.05) is 6.92 Å². The molecule has 38 heavy (non-hydrogen) atoms. The van der Waals surface area contributed by atoms with E-state index in [1.165, 1.54) is 24.5 Å². The Bertz CT molecular complexity index is 1600. The number of fused-ring (bicyclic) bond motifs is 1. The van der Waals surface area contributed by atoms with Crippen LogP contribution in [0.4, 0.5) is 21.6 Å². The van der Waals surface area contributed by atoms with Gasteiger partial charge in [-0.15, -0.1) is 0 Å². The van der Waals surface area contributed by atoms with Crippen molar-refractivity contribution in [3.8, 4) is 17.6 Å². The topological polar surface area (TPSA) is 99.4 Å². The minimum Gasteiger partial charge on any atom is -0.487 e. The van der Waals surface area contributed by atoms with Crippen LogP contribution in [0.3, 0.4) is 0 Å². The predicted octanol–water partition coefficient (Wildman–Crippen LogP) is 6.43. The summed E-state index contributed by atoms with van der Waals surface area (Å²) in [7, 11) is 0. The van der Waals surface area contributed by atoms with Crippen molar-refractivity contribution in [2.75, 3.05) is 18.5 Å². The molecule has 192 valence electrons. The quantitative estimate of drug-likeness (QED) is 0.173. The molecule has 1 N–H and O–H groups in total. The molecule has 8 nitrogen and oxygen atoms in total. The minimum absolute atomic E-state index is 0.135. The van der Waals surface area contributed by atoms with Gasteiger partial charge >= 0.3 is 0 Å². The van der Waals surface area contributed by atoms with E-state index < -0.39 is 4.92 Å². The van der Waals surface area contributed by atoms with E-state index in [4.69, 9.17) is 21.1 Å². The number of nitro benzene ring substituents is 1. The maximum atomic E-state index is 13.4. The molecule has 1 unspecified atom stereocenters. The Morgan fingerprint density at radius 3 is 2.84 bits per heavy atom. The lowest BCUT2D eigenvalue weighted by atomic mass is 9.90. The summed E-state index contributed by atoms with van der Waals surface area (Å²) in [5, 5.41) is 15.8. The lowest BCUT2D eigenvalue weighted by molar-refractivity contribution is -0.385. The van der Waals surface area contributed by atoms with Gasteiger partial charge in [-0.3, -0.25) is 10.1 Å². The summed E-state index contributed by atoms with van der Waals surface area (Å²) in [5.74, 6) is 6.57. The Balaban J connectivity index is 1.40. The monoisotopic (exact) mass is 532 g/mol. The largest absolute Gasteiger partial charge is 0.487 e. The molecule has 0 amide bonds. The summed E-state index contributed by atoms with van der Waals surface area (Å²) in [6.45, 7) is 3.25. The lowest BCUT2D eigenvalue weighted by Gasteiger charge is -2.13. The third-order valence-electron chi connectivity index (χ3n) is 6.15. The number of ether oxygens (including phenoxy) is 2. The molecule has 1 fully saturated rings. The highest BCUT2D eigenvalue weighted by Crippen LogP contribution is 2.33. The maximum Gasteiger partial charge on any atom is 0.285 e. The van der Waals surface area contributed by atoms with Gasteiger partial charge in [0.05, 0.1) is 27.5 Å². The molecule has 0 spiro atoms. The molecule has 1 atom stereocenters. The Morgan fingerprint density at radius 2 is 2.11 bits per heavy atom. The summed E-state index contributed by atoms with van der Waals surface area (Å²) >= 11 is 6.41. The van der Waals surface area contributed by atoms with Crippen molar-refractivity contribution in [2.45, 2.75) is 20.0 Å². The van der Waals surface area contributed by atoms with Gasteiger partial charge < -0.3 is 14.8 Å². The van der Waals surface area contributed by atoms with Crippen molar-refractivity contribution in [3.63, 3.8) is 0 Å². The van der Waals surface area contributed by atoms with Crippen LogP contribution in [-0.2, 0) is 11.3 Å². The standard InChI is InChI=1S/C28H22ClFN4O4/c1-28(9-10-37-16-28)8-7-19-12-24-22(14-25(19)34(35)36)27(32-17-31-24)33-21-5-6-26(23(29)13-21)38-15-18-3-2-4-20(30)11-18/h2-6,11-14,17H,9-10,15-16H2,1H3,(H,31,32,33). The van der Waals surface area contributed by atoms with Crippen LogP contribution in [0.2, 0.25) is 5.02 Å². The fourth-order valence-electron chi connectivity index (χ4n) is 4.05. The van der Waals surface area contributed by atoms with Gasteiger partial charge in [0, 0.05) is 23.7 Å². The van der Waals surface area contributed by atoms with Gasteiger partial charge in [-0.25, -0.2) is 14.4 Å². The van der Waals surface area contributed by atoms with Gasteiger partial charge in [-0.1, -0.05) is 35.6 Å². The summed E-state index contributed by atoms with van der Waals surface area (Å²) in [6, 6.07) is 14.2. The molecule has 5 rings (SSSR count). The fourth-order valence-corrected chi connectivity index (χ4v) is 4.28. The van der Waals surface area contributed by atoms with Crippen LogP contribution in [0, 0.1) is 33.2 Å². The van der Waals surface area contributed by atoms with Crippen LogP contribution in [0.5, 0.6) is 5.75 Å². The average molecular weight is 533 g/mol. The Kier molecular flexibility index (Phi) is 7.09. The van der Waals surface area contributed by atoms with Crippen LogP contribution in [-0.4, -0.2) is 28.1 Å². The zero-order chi connectivity index (χ0) is 26.7. The van der Waals surface area contributed by atoms with Crippen LogP contribution in [0.25, 0.3) is 10.9 Å². The Labute approximate surface area is 222 Å². The van der Waals surface area contributed by atoms with Crippen molar-refractivity contribution in [1.29, 1.82) is 0 Å².